The van der Waals surface area contributed by atoms with Crippen LogP contribution < -0.4 is 16.0 Å². The second kappa shape index (κ2) is 8.61. The number of pyridine rings is 1. The first-order valence-corrected chi connectivity index (χ1v) is 11.4. The van der Waals surface area contributed by atoms with E-state index in [9.17, 15) is 19.5 Å². The monoisotopic (exact) mass is 479 g/mol. The zero-order valence-corrected chi connectivity index (χ0v) is 19.2. The minimum Gasteiger partial charge on any atom is -0.494 e. The van der Waals surface area contributed by atoms with Crippen LogP contribution in [0.5, 0.6) is 5.75 Å². The van der Waals surface area contributed by atoms with Crippen molar-refractivity contribution in [2.45, 2.75) is 31.7 Å². The number of aliphatic carboxylic acids is 1. The highest BCUT2D eigenvalue weighted by atomic mass is 35.5. The van der Waals surface area contributed by atoms with Crippen LogP contribution in [0.15, 0.2) is 58.3 Å². The summed E-state index contributed by atoms with van der Waals surface area (Å²) in [6.07, 6.45) is 3.16. The highest BCUT2D eigenvalue weighted by Gasteiger charge is 2.30. The molecule has 4 aromatic rings. The summed E-state index contributed by atoms with van der Waals surface area (Å²) in [6.45, 7) is 0. The molecule has 174 valence electrons. The number of hydrogen-bond acceptors (Lipinski definition) is 5. The van der Waals surface area contributed by atoms with E-state index in [1.807, 2.05) is 0 Å². The lowest BCUT2D eigenvalue weighted by Crippen LogP contribution is -2.43. The second-order valence-corrected chi connectivity index (χ2v) is 8.93. The van der Waals surface area contributed by atoms with E-state index in [4.69, 9.17) is 16.3 Å². The van der Waals surface area contributed by atoms with Crippen molar-refractivity contribution in [2.24, 2.45) is 5.92 Å². The number of carboxylic acid groups (broad SMARTS) is 1. The molecule has 0 atom stereocenters. The van der Waals surface area contributed by atoms with Gasteiger partial charge >= 0.3 is 11.7 Å². The molecule has 1 saturated carbocycles. The van der Waals surface area contributed by atoms with Gasteiger partial charge in [-0.2, -0.15) is 0 Å². The Bertz CT molecular complexity index is 1550. The number of rotatable bonds is 4. The molecule has 0 amide bonds. The smallest absolute Gasteiger partial charge is 0.336 e. The molecule has 0 unspecified atom stereocenters. The van der Waals surface area contributed by atoms with E-state index in [0.29, 0.717) is 63.9 Å². The van der Waals surface area contributed by atoms with Gasteiger partial charge in [-0.15, -0.1) is 0 Å². The van der Waals surface area contributed by atoms with Crippen molar-refractivity contribution in [2.75, 3.05) is 7.11 Å². The molecule has 0 spiro atoms. The molecule has 9 heteroatoms. The van der Waals surface area contributed by atoms with Gasteiger partial charge in [-0.25, -0.2) is 4.79 Å². The Balaban J connectivity index is 1.85. The number of methoxy groups -OCH3 is 1. The van der Waals surface area contributed by atoms with Crippen molar-refractivity contribution in [3.8, 4) is 11.4 Å². The highest BCUT2D eigenvalue weighted by Crippen LogP contribution is 2.33. The van der Waals surface area contributed by atoms with Crippen molar-refractivity contribution < 1.29 is 14.6 Å². The Morgan fingerprint density at radius 3 is 2.50 bits per heavy atom. The Hall–Kier alpha value is -3.65. The lowest BCUT2D eigenvalue weighted by atomic mass is 9.86. The van der Waals surface area contributed by atoms with Gasteiger partial charge in [0.1, 0.15) is 11.3 Å². The first-order chi connectivity index (χ1) is 16.4. The summed E-state index contributed by atoms with van der Waals surface area (Å²) >= 11 is 6.26. The van der Waals surface area contributed by atoms with Gasteiger partial charge < -0.3 is 9.84 Å². The summed E-state index contributed by atoms with van der Waals surface area (Å²) in [5, 5.41) is 10.7. The predicted octanol–water partition coefficient (Wildman–Crippen LogP) is 4.18. The molecule has 0 aliphatic heterocycles. The maximum Gasteiger partial charge on any atom is 0.336 e. The van der Waals surface area contributed by atoms with Crippen LogP contribution in [0, 0.1) is 5.92 Å². The molecular formula is C25H22ClN3O5. The van der Waals surface area contributed by atoms with E-state index in [1.165, 1.54) is 22.4 Å². The van der Waals surface area contributed by atoms with Gasteiger partial charge in [0.2, 0.25) is 0 Å². The third-order valence-electron chi connectivity index (χ3n) is 6.60. The zero-order chi connectivity index (χ0) is 24.0. The third kappa shape index (κ3) is 3.54. The van der Waals surface area contributed by atoms with Crippen LogP contribution >= 0.6 is 11.6 Å². The van der Waals surface area contributed by atoms with Gasteiger partial charge in [-0.05, 0) is 49.9 Å². The number of aromatic nitrogens is 3. The highest BCUT2D eigenvalue weighted by molar-refractivity contribution is 6.30. The number of nitrogens with zero attached hydrogens (tertiary/aromatic N) is 3. The zero-order valence-electron chi connectivity index (χ0n) is 18.4. The number of ether oxygens (including phenoxy) is 1. The van der Waals surface area contributed by atoms with Gasteiger partial charge in [0.05, 0.1) is 29.6 Å². The number of halogens is 1. The Labute approximate surface area is 199 Å². The molecular weight excluding hydrogens is 458 g/mol. The van der Waals surface area contributed by atoms with Crippen molar-refractivity contribution in [1.29, 1.82) is 0 Å². The normalized spacial score (nSPS) is 18.3. The van der Waals surface area contributed by atoms with Crippen LogP contribution in [0.25, 0.3) is 27.5 Å². The van der Waals surface area contributed by atoms with Crippen LogP contribution in [-0.4, -0.2) is 32.3 Å². The van der Waals surface area contributed by atoms with E-state index in [1.54, 1.807) is 42.5 Å². The predicted molar refractivity (Wildman–Crippen MR) is 129 cm³/mol. The molecule has 8 nitrogen and oxygen atoms in total. The molecule has 2 aromatic carbocycles. The molecule has 0 saturated heterocycles. The molecule has 5 rings (SSSR count). The fourth-order valence-corrected chi connectivity index (χ4v) is 5.11. The molecule has 1 aliphatic rings. The van der Waals surface area contributed by atoms with Crippen LogP contribution in [-0.2, 0) is 4.79 Å². The summed E-state index contributed by atoms with van der Waals surface area (Å²) in [5.41, 5.74) is 0.553. The number of fused-ring (bicyclic) bond motifs is 3. The molecule has 34 heavy (non-hydrogen) atoms. The summed E-state index contributed by atoms with van der Waals surface area (Å²) in [7, 11) is 1.54. The fourth-order valence-electron chi connectivity index (χ4n) is 4.92. The molecule has 1 fully saturated rings. The molecule has 2 aromatic heterocycles. The molecule has 2 heterocycles. The van der Waals surface area contributed by atoms with Crippen LogP contribution in [0.4, 0.5) is 0 Å². The fraction of sp³-hybridized carbons (Fsp3) is 0.280. The average molecular weight is 480 g/mol. The minimum atomic E-state index is -0.842. The molecule has 0 radical (unpaired) electrons. The van der Waals surface area contributed by atoms with E-state index < -0.39 is 29.2 Å². The third-order valence-corrected chi connectivity index (χ3v) is 6.83. The van der Waals surface area contributed by atoms with Gasteiger partial charge in [0.15, 0.2) is 0 Å². The number of hydrogen-bond donors (Lipinski definition) is 1. The Morgan fingerprint density at radius 1 is 1.09 bits per heavy atom. The van der Waals surface area contributed by atoms with Crippen LogP contribution in [0.3, 0.4) is 0 Å². The van der Waals surface area contributed by atoms with Gasteiger partial charge in [0.25, 0.3) is 5.56 Å². The SMILES string of the molecule is COc1cccc2c1ncc1c(=O)n([C@H]3CC[C@H](C(=O)O)CC3)c(=O)n(-c3cccc(Cl)c3)c12. The van der Waals surface area contributed by atoms with Crippen molar-refractivity contribution in [1.82, 2.24) is 14.1 Å². The number of carboxylic acids is 1. The maximum atomic E-state index is 13.9. The van der Waals surface area contributed by atoms with Crippen LogP contribution in [0.1, 0.15) is 31.7 Å². The summed E-state index contributed by atoms with van der Waals surface area (Å²) in [6, 6.07) is 11.8. The molecule has 0 bridgehead atoms. The van der Waals surface area contributed by atoms with E-state index in [-0.39, 0.29) is 0 Å². The standard InChI is InChI=1S/C25H22ClN3O5/c1-34-20-7-3-6-18-21(20)27-13-19-22(18)28(17-5-2-4-15(26)12-17)25(33)29(23(19)30)16-10-8-14(9-11-16)24(31)32/h2-7,12-14,16H,8-11H2,1H3,(H,31,32)/t14-,16-. The van der Waals surface area contributed by atoms with E-state index in [2.05, 4.69) is 4.98 Å². The summed E-state index contributed by atoms with van der Waals surface area (Å²) < 4.78 is 8.20. The summed E-state index contributed by atoms with van der Waals surface area (Å²) in [4.78, 5) is 43.5. The largest absolute Gasteiger partial charge is 0.494 e. The Kier molecular flexibility index (Phi) is 5.61. The molecule has 1 aliphatic carbocycles. The average Bonchev–Trinajstić information content (AvgIpc) is 2.84. The van der Waals surface area contributed by atoms with Crippen LogP contribution in [0.2, 0.25) is 5.02 Å². The Morgan fingerprint density at radius 2 is 1.82 bits per heavy atom. The first-order valence-electron chi connectivity index (χ1n) is 11.0. The topological polar surface area (TPSA) is 103 Å². The van der Waals surface area contributed by atoms with Gasteiger partial charge in [-0.1, -0.05) is 29.8 Å². The van der Waals surface area contributed by atoms with Crippen molar-refractivity contribution in [3.05, 3.63) is 74.5 Å². The number of carbonyl (C=O) groups is 1. The quantitative estimate of drug-likeness (QED) is 0.440. The number of para-hydroxylation sites is 1. The van der Waals surface area contributed by atoms with Gasteiger partial charge in [0, 0.05) is 22.6 Å². The van der Waals surface area contributed by atoms with E-state index >= 15 is 0 Å². The van der Waals surface area contributed by atoms with Crippen molar-refractivity contribution >= 4 is 39.4 Å². The lowest BCUT2D eigenvalue weighted by molar-refractivity contribution is -0.143. The first kappa shape index (κ1) is 22.2. The maximum absolute atomic E-state index is 13.9. The summed E-state index contributed by atoms with van der Waals surface area (Å²) in [5.74, 6) is -0.772. The van der Waals surface area contributed by atoms with E-state index in [0.717, 1.165) is 0 Å². The lowest BCUT2D eigenvalue weighted by Gasteiger charge is -2.28. The van der Waals surface area contributed by atoms with Gasteiger partial charge in [-0.3, -0.25) is 23.7 Å². The molecule has 1 N–H and O–H groups in total. The second-order valence-electron chi connectivity index (χ2n) is 8.49. The van der Waals surface area contributed by atoms with Crippen molar-refractivity contribution in [3.63, 3.8) is 0 Å². The number of benzene rings is 2. The minimum absolute atomic E-state index is 0.292.